The van der Waals surface area contributed by atoms with Crippen molar-refractivity contribution in [3.05, 3.63) is 11.6 Å². The van der Waals surface area contributed by atoms with Crippen LogP contribution in [-0.4, -0.2) is 62.2 Å². The van der Waals surface area contributed by atoms with Crippen LogP contribution in [0.2, 0.25) is 0 Å². The van der Waals surface area contributed by atoms with E-state index >= 15 is 0 Å². The molecule has 2 aliphatic heterocycles. The summed E-state index contributed by atoms with van der Waals surface area (Å²) < 4.78 is 23.5. The minimum Gasteiger partial charge on any atom is -0.469 e. The van der Waals surface area contributed by atoms with Crippen LogP contribution in [0, 0.1) is 16.7 Å². The second kappa shape index (κ2) is 8.31. The first kappa shape index (κ1) is 24.3. The van der Waals surface area contributed by atoms with Gasteiger partial charge in [0, 0.05) is 18.4 Å². The summed E-state index contributed by atoms with van der Waals surface area (Å²) in [6.45, 7) is 7.15. The number of ether oxygens (including phenoxy) is 4. The lowest BCUT2D eigenvalue weighted by molar-refractivity contribution is -0.167. The lowest BCUT2D eigenvalue weighted by Crippen LogP contribution is -2.62. The van der Waals surface area contributed by atoms with E-state index in [2.05, 4.69) is 32.2 Å². The van der Waals surface area contributed by atoms with E-state index in [1.807, 2.05) is 0 Å². The maximum Gasteiger partial charge on any atom is 0.311 e. The molecule has 0 radical (unpaired) electrons. The van der Waals surface area contributed by atoms with Crippen molar-refractivity contribution in [1.29, 1.82) is 0 Å². The fourth-order valence-electron chi connectivity index (χ4n) is 7.51. The Morgan fingerprint density at radius 3 is 2.18 bits per heavy atom. The van der Waals surface area contributed by atoms with Crippen LogP contribution >= 0.6 is 0 Å². The van der Waals surface area contributed by atoms with Gasteiger partial charge in [0.15, 0.2) is 0 Å². The van der Waals surface area contributed by atoms with E-state index < -0.39 is 0 Å². The second-order valence-corrected chi connectivity index (χ2v) is 12.0. The molecule has 0 unspecified atom stereocenters. The standard InChI is InChI=1S/C27H41NO6/c1-17(2)6-7-19-24(3,34-19)21-20(31-4)18(8-9-27(21)16-33-27)28-22(29)25-10-13-26(14-11-25,15-12-25)23(30)32-5/h6,18-21H,7-16H2,1-5H3,(H,28,29)/t18-,19-,20-,21-,24-,25?,26?,27+/m1/s1. The molecule has 2 saturated heterocycles. The van der Waals surface area contributed by atoms with Gasteiger partial charge in [-0.05, 0) is 78.6 Å². The van der Waals surface area contributed by atoms with Gasteiger partial charge in [-0.25, -0.2) is 0 Å². The predicted molar refractivity (Wildman–Crippen MR) is 126 cm³/mol. The zero-order valence-electron chi connectivity index (χ0n) is 21.4. The van der Waals surface area contributed by atoms with Crippen molar-refractivity contribution in [3.8, 4) is 0 Å². The lowest BCUT2D eigenvalue weighted by Gasteiger charge is -2.51. The van der Waals surface area contributed by atoms with Crippen molar-refractivity contribution >= 4 is 11.9 Å². The highest BCUT2D eigenvalue weighted by atomic mass is 16.6. The number of epoxide rings is 2. The molecule has 2 heterocycles. The Balaban J connectivity index is 1.29. The summed E-state index contributed by atoms with van der Waals surface area (Å²) in [5, 5.41) is 3.42. The summed E-state index contributed by atoms with van der Waals surface area (Å²) in [5.41, 5.74) is 0.0457. The molecule has 1 amide bonds. The summed E-state index contributed by atoms with van der Waals surface area (Å²) in [5.74, 6) is 0.111. The first-order valence-corrected chi connectivity index (χ1v) is 13.0. The molecule has 1 N–H and O–H groups in total. The number of fused-ring (bicyclic) bond motifs is 3. The molecule has 190 valence electrons. The maximum absolute atomic E-state index is 13.7. The minimum absolute atomic E-state index is 0.0638. The van der Waals surface area contributed by atoms with E-state index in [0.29, 0.717) is 0 Å². The Morgan fingerprint density at radius 2 is 1.65 bits per heavy atom. The van der Waals surface area contributed by atoms with E-state index in [1.165, 1.54) is 12.7 Å². The number of carbonyl (C=O) groups excluding carboxylic acids is 2. The lowest BCUT2D eigenvalue weighted by atomic mass is 9.53. The van der Waals surface area contributed by atoms with Gasteiger partial charge in [0.2, 0.25) is 5.91 Å². The first-order chi connectivity index (χ1) is 16.1. The molecule has 0 aromatic carbocycles. The Kier molecular flexibility index (Phi) is 5.93. The summed E-state index contributed by atoms with van der Waals surface area (Å²) in [7, 11) is 3.22. The molecule has 0 aromatic rings. The highest BCUT2D eigenvalue weighted by Crippen LogP contribution is 2.60. The summed E-state index contributed by atoms with van der Waals surface area (Å²) >= 11 is 0. The van der Waals surface area contributed by atoms with E-state index in [0.717, 1.165) is 64.4 Å². The molecule has 6 atom stereocenters. The highest BCUT2D eigenvalue weighted by molar-refractivity contribution is 5.85. The zero-order valence-corrected chi connectivity index (χ0v) is 21.4. The van der Waals surface area contributed by atoms with Gasteiger partial charge in [-0.15, -0.1) is 0 Å². The molecule has 6 aliphatic rings. The van der Waals surface area contributed by atoms with Gasteiger partial charge >= 0.3 is 5.97 Å². The summed E-state index contributed by atoms with van der Waals surface area (Å²) in [6, 6.07) is -0.0638. The van der Waals surface area contributed by atoms with Crippen LogP contribution < -0.4 is 5.32 Å². The minimum atomic E-state index is -0.379. The molecule has 6 rings (SSSR count). The Hall–Kier alpha value is -1.44. The van der Waals surface area contributed by atoms with Crippen molar-refractivity contribution in [2.24, 2.45) is 16.7 Å². The number of nitrogens with one attached hydrogen (secondary N) is 1. The normalized spacial score (nSPS) is 46.6. The van der Waals surface area contributed by atoms with Crippen molar-refractivity contribution < 1.29 is 28.5 Å². The summed E-state index contributed by atoms with van der Waals surface area (Å²) in [6.07, 6.45) is 9.36. The third-order valence-electron chi connectivity index (χ3n) is 9.96. The third kappa shape index (κ3) is 3.73. The van der Waals surface area contributed by atoms with Crippen molar-refractivity contribution in [2.45, 2.75) is 108 Å². The molecule has 34 heavy (non-hydrogen) atoms. The van der Waals surface area contributed by atoms with E-state index in [9.17, 15) is 9.59 Å². The van der Waals surface area contributed by atoms with Gasteiger partial charge < -0.3 is 24.3 Å². The van der Waals surface area contributed by atoms with Crippen LogP contribution in [-0.2, 0) is 28.5 Å². The highest BCUT2D eigenvalue weighted by Gasteiger charge is 2.72. The molecule has 1 spiro atoms. The molecule has 7 nitrogen and oxygen atoms in total. The number of methoxy groups -OCH3 is 2. The third-order valence-corrected chi connectivity index (χ3v) is 9.96. The van der Waals surface area contributed by atoms with Gasteiger partial charge in [0.1, 0.15) is 5.60 Å². The molecule has 0 aromatic heterocycles. The Labute approximate surface area is 203 Å². The quantitative estimate of drug-likeness (QED) is 0.343. The number of esters is 1. The number of amides is 1. The molecule has 2 bridgehead atoms. The largest absolute Gasteiger partial charge is 0.469 e. The topological polar surface area (TPSA) is 89.7 Å². The number of hydrogen-bond acceptors (Lipinski definition) is 6. The fraction of sp³-hybridized carbons (Fsp3) is 0.852. The van der Waals surface area contributed by atoms with Crippen molar-refractivity contribution in [1.82, 2.24) is 5.32 Å². The number of allylic oxidation sites excluding steroid dienone is 1. The van der Waals surface area contributed by atoms with Gasteiger partial charge in [-0.3, -0.25) is 9.59 Å². The van der Waals surface area contributed by atoms with Crippen LogP contribution in [0.4, 0.5) is 0 Å². The Bertz CT molecular complexity index is 850. The molecular weight excluding hydrogens is 434 g/mol. The van der Waals surface area contributed by atoms with Crippen LogP contribution in [0.15, 0.2) is 11.6 Å². The average molecular weight is 476 g/mol. The SMILES string of the molecule is COC(=O)C12CCC(C(=O)N[C@@H]3CC[C@]4(CO4)[C@@H]([C@]4(C)O[C@@H]4CC=C(C)C)[C@@H]3OC)(CC1)CC2. The second-order valence-electron chi connectivity index (χ2n) is 12.0. The van der Waals surface area contributed by atoms with E-state index in [-0.39, 0.29) is 58.1 Å². The molecular formula is C27H41NO6. The molecule has 7 heteroatoms. The summed E-state index contributed by atoms with van der Waals surface area (Å²) in [4.78, 5) is 26.1. The average Bonchev–Trinajstić information content (AvgIpc) is 3.76. The predicted octanol–water partition coefficient (Wildman–Crippen LogP) is 3.69. The van der Waals surface area contributed by atoms with Crippen molar-refractivity contribution in [3.63, 3.8) is 0 Å². The number of hydrogen-bond donors (Lipinski definition) is 1. The van der Waals surface area contributed by atoms with Gasteiger partial charge in [-0.1, -0.05) is 11.6 Å². The van der Waals surface area contributed by atoms with Crippen LogP contribution in [0.1, 0.15) is 78.6 Å². The zero-order chi connectivity index (χ0) is 24.4. The van der Waals surface area contributed by atoms with Crippen LogP contribution in [0.3, 0.4) is 0 Å². The van der Waals surface area contributed by atoms with E-state index in [1.54, 1.807) is 7.11 Å². The van der Waals surface area contributed by atoms with Gasteiger partial charge in [-0.2, -0.15) is 0 Å². The first-order valence-electron chi connectivity index (χ1n) is 13.0. The molecule has 4 aliphatic carbocycles. The van der Waals surface area contributed by atoms with Crippen LogP contribution in [0.5, 0.6) is 0 Å². The maximum atomic E-state index is 13.7. The molecule has 6 fully saturated rings. The van der Waals surface area contributed by atoms with Crippen molar-refractivity contribution in [2.75, 3.05) is 20.8 Å². The smallest absolute Gasteiger partial charge is 0.311 e. The Morgan fingerprint density at radius 1 is 1.03 bits per heavy atom. The number of carbonyl (C=O) groups is 2. The monoisotopic (exact) mass is 475 g/mol. The molecule has 4 saturated carbocycles. The number of rotatable bonds is 7. The fourth-order valence-corrected chi connectivity index (χ4v) is 7.51. The van der Waals surface area contributed by atoms with E-state index in [4.69, 9.17) is 18.9 Å². The van der Waals surface area contributed by atoms with Gasteiger partial charge in [0.05, 0.1) is 43.0 Å². The van der Waals surface area contributed by atoms with Gasteiger partial charge in [0.25, 0.3) is 0 Å². The van der Waals surface area contributed by atoms with Crippen LogP contribution in [0.25, 0.3) is 0 Å².